The lowest BCUT2D eigenvalue weighted by Crippen LogP contribution is -2.10. The van der Waals surface area contributed by atoms with E-state index in [0.29, 0.717) is 0 Å². The minimum absolute atomic E-state index is 0.217. The molecule has 0 saturated heterocycles. The van der Waals surface area contributed by atoms with Crippen molar-refractivity contribution >= 4 is 31.9 Å². The van der Waals surface area contributed by atoms with Gasteiger partial charge in [-0.15, -0.1) is 0 Å². The fraction of sp³-hybridized carbons (Fsp3) is 0.294. The van der Waals surface area contributed by atoms with Crippen LogP contribution < -0.4 is 9.47 Å². The molecule has 0 heterocycles. The van der Waals surface area contributed by atoms with Crippen molar-refractivity contribution in [2.45, 2.75) is 16.1 Å². The molecule has 2 atom stereocenters. The molecule has 2 nitrogen and oxygen atoms in total. The van der Waals surface area contributed by atoms with Crippen LogP contribution in [0.1, 0.15) is 16.0 Å². The minimum atomic E-state index is 0.217. The zero-order valence-electron chi connectivity index (χ0n) is 12.1. The molecule has 2 aromatic rings. The zero-order valence-corrected chi connectivity index (χ0v) is 15.2. The van der Waals surface area contributed by atoms with Crippen LogP contribution in [0, 0.1) is 0 Å². The average Bonchev–Trinajstić information content (AvgIpc) is 2.54. The SMILES string of the molecule is COc1ccc(CC(Br)C(Br)c2cccc(OC)c2)cc1. The van der Waals surface area contributed by atoms with Gasteiger partial charge >= 0.3 is 0 Å². The number of benzene rings is 2. The number of hydrogen-bond acceptors (Lipinski definition) is 2. The van der Waals surface area contributed by atoms with E-state index in [1.54, 1.807) is 14.2 Å². The normalized spacial score (nSPS) is 13.5. The lowest BCUT2D eigenvalue weighted by atomic mass is 10.0. The van der Waals surface area contributed by atoms with Gasteiger partial charge in [-0.2, -0.15) is 0 Å². The molecule has 0 fully saturated rings. The van der Waals surface area contributed by atoms with Crippen molar-refractivity contribution in [3.05, 3.63) is 59.7 Å². The highest BCUT2D eigenvalue weighted by atomic mass is 79.9. The van der Waals surface area contributed by atoms with Crippen LogP contribution in [0.4, 0.5) is 0 Å². The van der Waals surface area contributed by atoms with Crippen LogP contribution in [0.15, 0.2) is 48.5 Å². The molecule has 21 heavy (non-hydrogen) atoms. The fourth-order valence-electron chi connectivity index (χ4n) is 2.11. The summed E-state index contributed by atoms with van der Waals surface area (Å²) in [5.41, 5.74) is 2.47. The van der Waals surface area contributed by atoms with Crippen molar-refractivity contribution in [2.75, 3.05) is 14.2 Å². The van der Waals surface area contributed by atoms with E-state index in [0.717, 1.165) is 17.9 Å². The highest BCUT2D eigenvalue weighted by Gasteiger charge is 2.18. The summed E-state index contributed by atoms with van der Waals surface area (Å²) in [6.07, 6.45) is 0.928. The standard InChI is InChI=1S/C17H18Br2O2/c1-20-14-8-6-12(7-9-14)10-16(18)17(19)13-4-3-5-15(11-13)21-2/h3-9,11,16-17H,10H2,1-2H3. The van der Waals surface area contributed by atoms with E-state index < -0.39 is 0 Å². The number of rotatable bonds is 6. The van der Waals surface area contributed by atoms with Gasteiger partial charge in [-0.1, -0.05) is 56.1 Å². The molecule has 2 rings (SSSR count). The first-order chi connectivity index (χ1) is 10.1. The summed E-state index contributed by atoms with van der Waals surface area (Å²) in [7, 11) is 3.37. The van der Waals surface area contributed by atoms with Crippen molar-refractivity contribution in [1.82, 2.24) is 0 Å². The summed E-state index contributed by atoms with van der Waals surface area (Å²) in [4.78, 5) is 0.507. The van der Waals surface area contributed by atoms with Crippen LogP contribution in [0.2, 0.25) is 0 Å². The lowest BCUT2D eigenvalue weighted by Gasteiger charge is -2.18. The second-order valence-electron chi connectivity index (χ2n) is 4.75. The molecule has 2 unspecified atom stereocenters. The Balaban J connectivity index is 2.05. The highest BCUT2D eigenvalue weighted by Crippen LogP contribution is 2.34. The number of methoxy groups -OCH3 is 2. The Morgan fingerprint density at radius 3 is 2.19 bits per heavy atom. The summed E-state index contributed by atoms with van der Waals surface area (Å²) in [6, 6.07) is 16.3. The number of hydrogen-bond donors (Lipinski definition) is 0. The van der Waals surface area contributed by atoms with Gasteiger partial charge in [-0.25, -0.2) is 0 Å². The van der Waals surface area contributed by atoms with Gasteiger partial charge < -0.3 is 9.47 Å². The van der Waals surface area contributed by atoms with Crippen molar-refractivity contribution in [3.8, 4) is 11.5 Å². The maximum atomic E-state index is 5.28. The predicted octanol–water partition coefficient (Wildman–Crippen LogP) is 5.15. The first kappa shape index (κ1) is 16.4. The molecular formula is C17H18Br2O2. The van der Waals surface area contributed by atoms with Crippen molar-refractivity contribution in [1.29, 1.82) is 0 Å². The Bertz CT molecular complexity index is 569. The zero-order chi connectivity index (χ0) is 15.2. The Morgan fingerprint density at radius 2 is 1.57 bits per heavy atom. The van der Waals surface area contributed by atoms with Crippen molar-refractivity contribution < 1.29 is 9.47 Å². The summed E-state index contributed by atoms with van der Waals surface area (Å²) in [6.45, 7) is 0. The van der Waals surface area contributed by atoms with Gasteiger partial charge in [0.25, 0.3) is 0 Å². The molecule has 0 saturated carbocycles. The molecule has 2 aromatic carbocycles. The summed E-state index contributed by atoms with van der Waals surface area (Å²) in [5.74, 6) is 1.76. The number of halogens is 2. The number of ether oxygens (including phenoxy) is 2. The van der Waals surface area contributed by atoms with E-state index in [1.165, 1.54) is 11.1 Å². The lowest BCUT2D eigenvalue weighted by molar-refractivity contribution is 0.414. The van der Waals surface area contributed by atoms with Gasteiger partial charge in [-0.05, 0) is 41.8 Å². The quantitative estimate of drug-likeness (QED) is 0.610. The van der Waals surface area contributed by atoms with Crippen LogP contribution >= 0.6 is 31.9 Å². The smallest absolute Gasteiger partial charge is 0.119 e. The molecule has 0 aromatic heterocycles. The van der Waals surface area contributed by atoms with E-state index in [1.807, 2.05) is 24.3 Å². The Hall–Kier alpha value is -1.00. The third-order valence-electron chi connectivity index (χ3n) is 3.32. The monoisotopic (exact) mass is 412 g/mol. The third kappa shape index (κ3) is 4.48. The average molecular weight is 414 g/mol. The fourth-order valence-corrected chi connectivity index (χ4v) is 3.26. The van der Waals surface area contributed by atoms with E-state index in [-0.39, 0.29) is 9.65 Å². The van der Waals surface area contributed by atoms with Gasteiger partial charge in [0.1, 0.15) is 11.5 Å². The van der Waals surface area contributed by atoms with Gasteiger partial charge in [-0.3, -0.25) is 0 Å². The summed E-state index contributed by atoms with van der Waals surface area (Å²) in [5, 5.41) is 0. The molecule has 4 heteroatoms. The summed E-state index contributed by atoms with van der Waals surface area (Å²) < 4.78 is 10.5. The van der Waals surface area contributed by atoms with E-state index in [4.69, 9.17) is 9.47 Å². The van der Waals surface area contributed by atoms with Crippen LogP contribution in [0.5, 0.6) is 11.5 Å². The second-order valence-corrected chi connectivity index (χ2v) is 6.91. The molecule has 0 N–H and O–H groups in total. The topological polar surface area (TPSA) is 18.5 Å². The molecule has 0 aliphatic heterocycles. The molecule has 0 bridgehead atoms. The van der Waals surface area contributed by atoms with Crippen LogP contribution in [0.25, 0.3) is 0 Å². The molecule has 0 aliphatic rings. The Kier molecular flexibility index (Phi) is 6.12. The van der Waals surface area contributed by atoms with Gasteiger partial charge in [0.15, 0.2) is 0 Å². The van der Waals surface area contributed by atoms with Crippen LogP contribution in [0.3, 0.4) is 0 Å². The van der Waals surface area contributed by atoms with Gasteiger partial charge in [0, 0.05) is 4.83 Å². The van der Waals surface area contributed by atoms with E-state index in [9.17, 15) is 0 Å². The molecule has 112 valence electrons. The Morgan fingerprint density at radius 1 is 0.905 bits per heavy atom. The predicted molar refractivity (Wildman–Crippen MR) is 94.1 cm³/mol. The minimum Gasteiger partial charge on any atom is -0.497 e. The molecular weight excluding hydrogens is 396 g/mol. The number of alkyl halides is 2. The maximum absolute atomic E-state index is 5.28. The van der Waals surface area contributed by atoms with Gasteiger partial charge in [0.2, 0.25) is 0 Å². The molecule has 0 aliphatic carbocycles. The second kappa shape index (κ2) is 7.85. The van der Waals surface area contributed by atoms with Crippen LogP contribution in [-0.4, -0.2) is 19.0 Å². The van der Waals surface area contributed by atoms with E-state index >= 15 is 0 Å². The summed E-state index contributed by atoms with van der Waals surface area (Å²) >= 11 is 7.55. The third-order valence-corrected chi connectivity index (χ3v) is 6.05. The molecule has 0 amide bonds. The van der Waals surface area contributed by atoms with Gasteiger partial charge in [0.05, 0.1) is 19.0 Å². The first-order valence-corrected chi connectivity index (χ1v) is 8.52. The van der Waals surface area contributed by atoms with E-state index in [2.05, 4.69) is 56.1 Å². The van der Waals surface area contributed by atoms with Crippen molar-refractivity contribution in [2.24, 2.45) is 0 Å². The molecule has 0 spiro atoms. The van der Waals surface area contributed by atoms with Crippen LogP contribution in [-0.2, 0) is 6.42 Å². The molecule has 0 radical (unpaired) electrons. The maximum Gasteiger partial charge on any atom is 0.119 e. The Labute approximate surface area is 142 Å². The first-order valence-electron chi connectivity index (χ1n) is 6.69. The van der Waals surface area contributed by atoms with Crippen molar-refractivity contribution in [3.63, 3.8) is 0 Å². The highest BCUT2D eigenvalue weighted by molar-refractivity contribution is 9.12. The largest absolute Gasteiger partial charge is 0.497 e.